The van der Waals surface area contributed by atoms with E-state index in [1.165, 1.54) is 0 Å². The molecule has 0 N–H and O–H groups in total. The first-order chi connectivity index (χ1) is 11.2. The summed E-state index contributed by atoms with van der Waals surface area (Å²) in [6, 6.07) is 15.6. The van der Waals surface area contributed by atoms with Crippen molar-refractivity contribution < 1.29 is 9.59 Å². The molecule has 3 nitrogen and oxygen atoms in total. The summed E-state index contributed by atoms with van der Waals surface area (Å²) < 4.78 is 0. The molecule has 0 aromatic heterocycles. The predicted molar refractivity (Wildman–Crippen MR) is 94.3 cm³/mol. The zero-order chi connectivity index (χ0) is 16.2. The van der Waals surface area contributed by atoms with Crippen molar-refractivity contribution in [3.8, 4) is 0 Å². The second-order valence-electron chi connectivity index (χ2n) is 5.58. The van der Waals surface area contributed by atoms with Crippen LogP contribution in [0.4, 0.5) is 5.69 Å². The number of nitrogens with zero attached hydrogens (tertiary/aromatic N) is 1. The summed E-state index contributed by atoms with van der Waals surface area (Å²) in [4.78, 5) is 27.3. The SMILES string of the molecule is CSc1ccccc1C(=O)CCCN1C(=O)Cc2ccccc21. The highest BCUT2D eigenvalue weighted by Gasteiger charge is 2.26. The number of carbonyl (C=O) groups is 2. The molecular formula is C19H19NO2S. The topological polar surface area (TPSA) is 37.4 Å². The number of benzene rings is 2. The van der Waals surface area contributed by atoms with Gasteiger partial charge in [-0.25, -0.2) is 0 Å². The first-order valence-electron chi connectivity index (χ1n) is 7.75. The lowest BCUT2D eigenvalue weighted by molar-refractivity contribution is -0.117. The van der Waals surface area contributed by atoms with E-state index in [2.05, 4.69) is 0 Å². The molecule has 3 rings (SSSR count). The van der Waals surface area contributed by atoms with Gasteiger partial charge in [0.25, 0.3) is 0 Å². The molecule has 1 aliphatic rings. The summed E-state index contributed by atoms with van der Waals surface area (Å²) in [6.07, 6.45) is 3.59. The second-order valence-corrected chi connectivity index (χ2v) is 6.43. The second kappa shape index (κ2) is 7.01. The Hall–Kier alpha value is -2.07. The van der Waals surface area contributed by atoms with Gasteiger partial charge in [0, 0.05) is 29.1 Å². The van der Waals surface area contributed by atoms with Crippen molar-refractivity contribution in [3.05, 3.63) is 59.7 Å². The summed E-state index contributed by atoms with van der Waals surface area (Å²) in [5.41, 5.74) is 2.86. The van der Waals surface area contributed by atoms with Crippen LogP contribution in [0.1, 0.15) is 28.8 Å². The van der Waals surface area contributed by atoms with Gasteiger partial charge >= 0.3 is 0 Å². The monoisotopic (exact) mass is 325 g/mol. The Balaban J connectivity index is 1.62. The van der Waals surface area contributed by atoms with E-state index >= 15 is 0 Å². The number of anilines is 1. The number of ketones is 1. The first kappa shape index (κ1) is 15.8. The van der Waals surface area contributed by atoms with Crippen molar-refractivity contribution in [1.82, 2.24) is 0 Å². The molecule has 1 aliphatic heterocycles. The Morgan fingerprint density at radius 1 is 1.13 bits per heavy atom. The van der Waals surface area contributed by atoms with Gasteiger partial charge in [-0.1, -0.05) is 36.4 Å². The summed E-state index contributed by atoms with van der Waals surface area (Å²) in [5, 5.41) is 0. The lowest BCUT2D eigenvalue weighted by atomic mass is 10.1. The molecule has 2 aromatic carbocycles. The Morgan fingerprint density at radius 2 is 1.87 bits per heavy atom. The highest BCUT2D eigenvalue weighted by atomic mass is 32.2. The molecule has 0 spiro atoms. The molecule has 0 saturated heterocycles. The molecule has 118 valence electrons. The van der Waals surface area contributed by atoms with Gasteiger partial charge in [-0.05, 0) is 30.4 Å². The van der Waals surface area contributed by atoms with Crippen LogP contribution in [-0.2, 0) is 11.2 Å². The van der Waals surface area contributed by atoms with E-state index in [-0.39, 0.29) is 11.7 Å². The smallest absolute Gasteiger partial charge is 0.231 e. The largest absolute Gasteiger partial charge is 0.312 e. The van der Waals surface area contributed by atoms with E-state index in [0.717, 1.165) is 21.7 Å². The van der Waals surface area contributed by atoms with Crippen molar-refractivity contribution in [2.75, 3.05) is 17.7 Å². The molecule has 1 heterocycles. The van der Waals surface area contributed by atoms with Gasteiger partial charge < -0.3 is 4.90 Å². The quantitative estimate of drug-likeness (QED) is 0.596. The number of rotatable bonds is 6. The molecule has 0 saturated carbocycles. The van der Waals surface area contributed by atoms with Crippen molar-refractivity contribution >= 4 is 29.1 Å². The zero-order valence-corrected chi connectivity index (χ0v) is 13.9. The number of amides is 1. The lowest BCUT2D eigenvalue weighted by Gasteiger charge is -2.17. The van der Waals surface area contributed by atoms with Crippen LogP contribution in [0.5, 0.6) is 0 Å². The van der Waals surface area contributed by atoms with Gasteiger partial charge in [0.05, 0.1) is 6.42 Å². The molecule has 4 heteroatoms. The number of hydrogen-bond acceptors (Lipinski definition) is 3. The van der Waals surface area contributed by atoms with Crippen LogP contribution >= 0.6 is 11.8 Å². The van der Waals surface area contributed by atoms with Crippen molar-refractivity contribution in [1.29, 1.82) is 0 Å². The van der Waals surface area contributed by atoms with Crippen molar-refractivity contribution in [2.45, 2.75) is 24.2 Å². The van der Waals surface area contributed by atoms with Crippen LogP contribution < -0.4 is 4.90 Å². The Bertz CT molecular complexity index is 742. The minimum absolute atomic E-state index is 0.128. The van der Waals surface area contributed by atoms with Crippen LogP contribution in [-0.4, -0.2) is 24.5 Å². The van der Waals surface area contributed by atoms with Crippen molar-refractivity contribution in [3.63, 3.8) is 0 Å². The van der Waals surface area contributed by atoms with Crippen LogP contribution in [0.15, 0.2) is 53.4 Å². The molecule has 0 fully saturated rings. The third-order valence-electron chi connectivity index (χ3n) is 4.12. The fourth-order valence-corrected chi connectivity index (χ4v) is 3.59. The Labute approximate surface area is 140 Å². The average molecular weight is 325 g/mol. The predicted octanol–water partition coefficient (Wildman–Crippen LogP) is 3.96. The highest BCUT2D eigenvalue weighted by Crippen LogP contribution is 2.29. The minimum atomic E-state index is 0.128. The highest BCUT2D eigenvalue weighted by molar-refractivity contribution is 7.98. The minimum Gasteiger partial charge on any atom is -0.312 e. The first-order valence-corrected chi connectivity index (χ1v) is 8.97. The molecule has 1 amide bonds. The van der Waals surface area contributed by atoms with Gasteiger partial charge in [-0.2, -0.15) is 0 Å². The van der Waals surface area contributed by atoms with E-state index < -0.39 is 0 Å². The lowest BCUT2D eigenvalue weighted by Crippen LogP contribution is -2.28. The Kier molecular flexibility index (Phi) is 4.82. The van der Waals surface area contributed by atoms with E-state index in [1.54, 1.807) is 11.8 Å². The molecule has 0 atom stereocenters. The number of Topliss-reactive ketones (excluding diaryl/α,β-unsaturated/α-hetero) is 1. The normalized spacial score (nSPS) is 13.3. The maximum Gasteiger partial charge on any atom is 0.231 e. The van der Waals surface area contributed by atoms with Gasteiger partial charge in [0.15, 0.2) is 5.78 Å². The van der Waals surface area contributed by atoms with E-state index in [4.69, 9.17) is 0 Å². The molecular weight excluding hydrogens is 306 g/mol. The zero-order valence-electron chi connectivity index (χ0n) is 13.1. The van der Waals surface area contributed by atoms with Gasteiger partial charge in [-0.3, -0.25) is 9.59 Å². The summed E-state index contributed by atoms with van der Waals surface area (Å²) >= 11 is 1.59. The van der Waals surface area contributed by atoms with E-state index in [0.29, 0.717) is 25.8 Å². The molecule has 0 unspecified atom stereocenters. The van der Waals surface area contributed by atoms with Crippen LogP contribution in [0.3, 0.4) is 0 Å². The van der Waals surface area contributed by atoms with Gasteiger partial charge in [-0.15, -0.1) is 11.8 Å². The number of thioether (sulfide) groups is 1. The fourth-order valence-electron chi connectivity index (χ4n) is 2.97. The molecule has 0 radical (unpaired) electrons. The number of fused-ring (bicyclic) bond motifs is 1. The third-order valence-corrected chi connectivity index (χ3v) is 4.91. The van der Waals surface area contributed by atoms with Crippen LogP contribution in [0.2, 0.25) is 0 Å². The number of carbonyl (C=O) groups excluding carboxylic acids is 2. The van der Waals surface area contributed by atoms with E-state index in [9.17, 15) is 9.59 Å². The summed E-state index contributed by atoms with van der Waals surface area (Å²) in [5.74, 6) is 0.276. The summed E-state index contributed by atoms with van der Waals surface area (Å²) in [7, 11) is 0. The van der Waals surface area contributed by atoms with Crippen LogP contribution in [0, 0.1) is 0 Å². The maximum absolute atomic E-state index is 12.4. The third kappa shape index (κ3) is 3.32. The van der Waals surface area contributed by atoms with Crippen molar-refractivity contribution in [2.24, 2.45) is 0 Å². The number of hydrogen-bond donors (Lipinski definition) is 0. The molecule has 0 aliphatic carbocycles. The maximum atomic E-state index is 12.4. The fraction of sp³-hybridized carbons (Fsp3) is 0.263. The number of para-hydroxylation sites is 1. The average Bonchev–Trinajstić information content (AvgIpc) is 2.90. The molecule has 23 heavy (non-hydrogen) atoms. The standard InChI is InChI=1S/C19H19NO2S/c1-23-18-11-5-3-8-15(18)17(21)10-6-12-20-16-9-4-2-7-14(16)13-19(20)22/h2-5,7-9,11H,6,10,12-13H2,1H3. The van der Waals surface area contributed by atoms with Gasteiger partial charge in [0.2, 0.25) is 5.91 Å². The molecule has 0 bridgehead atoms. The van der Waals surface area contributed by atoms with Gasteiger partial charge in [0.1, 0.15) is 0 Å². The Morgan fingerprint density at radius 3 is 2.70 bits per heavy atom. The van der Waals surface area contributed by atoms with E-state index in [1.807, 2.05) is 59.7 Å². The molecule has 2 aromatic rings. The summed E-state index contributed by atoms with van der Waals surface area (Å²) in [6.45, 7) is 0.600. The van der Waals surface area contributed by atoms with Crippen LogP contribution in [0.25, 0.3) is 0 Å².